The van der Waals surface area contributed by atoms with E-state index in [0.717, 1.165) is 38.8 Å². The van der Waals surface area contributed by atoms with Crippen molar-refractivity contribution in [1.29, 1.82) is 0 Å². The maximum Gasteiger partial charge on any atom is 0.348 e. The summed E-state index contributed by atoms with van der Waals surface area (Å²) in [5.41, 5.74) is 0.346. The van der Waals surface area contributed by atoms with Gasteiger partial charge in [-0.15, -0.1) is 11.3 Å². The number of rotatable bonds is 7. The molecule has 2 aromatic heterocycles. The number of aromatic nitrogens is 2. The molecule has 33 heavy (non-hydrogen) atoms. The lowest BCUT2D eigenvalue weighted by atomic mass is 9.88. The van der Waals surface area contributed by atoms with Crippen molar-refractivity contribution in [2.24, 2.45) is 5.92 Å². The van der Waals surface area contributed by atoms with Crippen molar-refractivity contribution in [3.63, 3.8) is 0 Å². The van der Waals surface area contributed by atoms with Crippen LogP contribution in [0.15, 0.2) is 4.79 Å². The zero-order chi connectivity index (χ0) is 23.4. The Labute approximate surface area is 197 Å². The van der Waals surface area contributed by atoms with E-state index in [4.69, 9.17) is 9.47 Å². The third-order valence-electron chi connectivity index (χ3n) is 6.57. The predicted octanol–water partition coefficient (Wildman–Crippen LogP) is 2.32. The summed E-state index contributed by atoms with van der Waals surface area (Å²) in [4.78, 5) is 50.5. The van der Waals surface area contributed by atoms with Gasteiger partial charge in [0, 0.05) is 39.2 Å². The molecule has 1 N–H and O–H groups in total. The van der Waals surface area contributed by atoms with E-state index in [9.17, 15) is 14.4 Å². The highest BCUT2D eigenvalue weighted by molar-refractivity contribution is 7.20. The Hall–Kier alpha value is -2.30. The molecule has 2 aromatic rings. The topological polar surface area (TPSA) is 105 Å². The van der Waals surface area contributed by atoms with Crippen LogP contribution in [0.3, 0.4) is 0 Å². The van der Waals surface area contributed by atoms with Crippen LogP contribution in [0.5, 0.6) is 0 Å². The molecular weight excluding hydrogens is 444 g/mol. The molecular formula is C23H32N4O5S. The summed E-state index contributed by atoms with van der Waals surface area (Å²) in [5, 5.41) is 0.435. The number of nitrogens with one attached hydrogen (secondary N) is 1. The number of methoxy groups -OCH3 is 1. The number of nitrogens with zero attached hydrogens (tertiary/aromatic N) is 3. The number of ether oxygens (including phenoxy) is 2. The van der Waals surface area contributed by atoms with Crippen LogP contribution in [0.1, 0.15) is 53.2 Å². The number of fused-ring (bicyclic) bond motifs is 1. The highest BCUT2D eigenvalue weighted by Crippen LogP contribution is 2.28. The molecule has 0 radical (unpaired) electrons. The Morgan fingerprint density at radius 1 is 1.12 bits per heavy atom. The van der Waals surface area contributed by atoms with Gasteiger partial charge in [0.2, 0.25) is 5.91 Å². The van der Waals surface area contributed by atoms with Crippen LogP contribution in [0, 0.1) is 12.8 Å². The molecule has 0 spiro atoms. The second-order valence-corrected chi connectivity index (χ2v) is 9.81. The summed E-state index contributed by atoms with van der Waals surface area (Å²) in [6, 6.07) is 0. The second kappa shape index (κ2) is 10.8. The van der Waals surface area contributed by atoms with Gasteiger partial charge in [-0.25, -0.2) is 9.78 Å². The standard InChI is InChI=1S/C23H32N4O5S/c1-15-18-20(28)24-17(25-21(18)33-19(15)23(30)32-13-12-31-2)14-26-8-10-27(11-9-26)22(29)16-6-4-3-5-7-16/h16H,3-14H2,1-2H3,(H,24,25,28). The second-order valence-electron chi connectivity index (χ2n) is 8.81. The van der Waals surface area contributed by atoms with Crippen molar-refractivity contribution >= 4 is 33.4 Å². The van der Waals surface area contributed by atoms with Crippen LogP contribution in [0.4, 0.5) is 0 Å². The number of thiophene rings is 1. The fourth-order valence-electron chi connectivity index (χ4n) is 4.69. The number of esters is 1. The maximum absolute atomic E-state index is 12.8. The van der Waals surface area contributed by atoms with Crippen LogP contribution in [-0.4, -0.2) is 78.1 Å². The Balaban J connectivity index is 1.39. The fraction of sp³-hybridized carbons (Fsp3) is 0.652. The third-order valence-corrected chi connectivity index (χ3v) is 7.73. The number of carbonyl (C=O) groups is 2. The predicted molar refractivity (Wildman–Crippen MR) is 126 cm³/mol. The minimum atomic E-state index is -0.466. The van der Waals surface area contributed by atoms with E-state index in [2.05, 4.69) is 14.9 Å². The van der Waals surface area contributed by atoms with Crippen molar-refractivity contribution in [2.45, 2.75) is 45.6 Å². The van der Waals surface area contributed by atoms with Gasteiger partial charge in [-0.1, -0.05) is 19.3 Å². The molecule has 0 bridgehead atoms. The van der Waals surface area contributed by atoms with E-state index in [-0.39, 0.29) is 18.1 Å². The van der Waals surface area contributed by atoms with E-state index in [1.165, 1.54) is 24.9 Å². The van der Waals surface area contributed by atoms with E-state index >= 15 is 0 Å². The van der Waals surface area contributed by atoms with Gasteiger partial charge in [0.05, 0.1) is 18.5 Å². The molecule has 3 heterocycles. The number of amides is 1. The SMILES string of the molecule is COCCOC(=O)c1sc2nc(CN3CCN(C(=O)C4CCCCC4)CC3)[nH]c(=O)c2c1C. The molecule has 2 aliphatic rings. The Kier molecular flexibility index (Phi) is 7.77. The number of carbonyl (C=O) groups excluding carboxylic acids is 2. The third kappa shape index (κ3) is 5.44. The minimum absolute atomic E-state index is 0.160. The van der Waals surface area contributed by atoms with Gasteiger partial charge in [0.1, 0.15) is 22.1 Å². The lowest BCUT2D eigenvalue weighted by Gasteiger charge is -2.36. The number of aromatic amines is 1. The number of H-pyrrole nitrogens is 1. The fourth-order valence-corrected chi connectivity index (χ4v) is 5.78. The first-order valence-corrected chi connectivity index (χ1v) is 12.5. The summed E-state index contributed by atoms with van der Waals surface area (Å²) in [6.45, 7) is 5.63. The number of piperazine rings is 1. The highest BCUT2D eigenvalue weighted by Gasteiger charge is 2.29. The normalized spacial score (nSPS) is 18.1. The zero-order valence-electron chi connectivity index (χ0n) is 19.4. The summed E-state index contributed by atoms with van der Waals surface area (Å²) in [7, 11) is 1.54. The number of aryl methyl sites for hydroxylation is 1. The monoisotopic (exact) mass is 476 g/mol. The Bertz CT molecular complexity index is 1050. The van der Waals surface area contributed by atoms with Gasteiger partial charge in [-0.05, 0) is 25.3 Å². The number of hydrogen-bond donors (Lipinski definition) is 1. The molecule has 0 atom stereocenters. The van der Waals surface area contributed by atoms with Crippen molar-refractivity contribution in [1.82, 2.24) is 19.8 Å². The molecule has 10 heteroatoms. The average Bonchev–Trinajstić information content (AvgIpc) is 3.16. The molecule has 1 amide bonds. The molecule has 180 valence electrons. The Morgan fingerprint density at radius 3 is 2.55 bits per heavy atom. The lowest BCUT2D eigenvalue weighted by molar-refractivity contribution is -0.138. The number of hydrogen-bond acceptors (Lipinski definition) is 8. The largest absolute Gasteiger partial charge is 0.459 e. The van der Waals surface area contributed by atoms with E-state index in [1.807, 2.05) is 4.90 Å². The van der Waals surface area contributed by atoms with E-state index < -0.39 is 5.97 Å². The van der Waals surface area contributed by atoms with Crippen LogP contribution >= 0.6 is 11.3 Å². The molecule has 1 saturated heterocycles. The van der Waals surface area contributed by atoms with Crippen molar-refractivity contribution in [3.8, 4) is 0 Å². The van der Waals surface area contributed by atoms with Gasteiger partial charge in [0.15, 0.2) is 0 Å². The summed E-state index contributed by atoms with van der Waals surface area (Å²) >= 11 is 1.18. The summed E-state index contributed by atoms with van der Waals surface area (Å²) in [6.07, 6.45) is 5.60. The molecule has 2 fully saturated rings. The Morgan fingerprint density at radius 2 is 1.85 bits per heavy atom. The molecule has 0 unspecified atom stereocenters. The van der Waals surface area contributed by atoms with Crippen LogP contribution in [0.25, 0.3) is 10.2 Å². The zero-order valence-corrected chi connectivity index (χ0v) is 20.2. The van der Waals surface area contributed by atoms with Crippen molar-refractivity contribution in [3.05, 3.63) is 26.6 Å². The molecule has 1 aliphatic heterocycles. The lowest BCUT2D eigenvalue weighted by Crippen LogP contribution is -2.50. The molecule has 9 nitrogen and oxygen atoms in total. The van der Waals surface area contributed by atoms with Gasteiger partial charge in [-0.2, -0.15) is 0 Å². The van der Waals surface area contributed by atoms with E-state index in [0.29, 0.717) is 58.6 Å². The minimum Gasteiger partial charge on any atom is -0.459 e. The smallest absolute Gasteiger partial charge is 0.348 e. The van der Waals surface area contributed by atoms with E-state index in [1.54, 1.807) is 6.92 Å². The average molecular weight is 477 g/mol. The first-order valence-electron chi connectivity index (χ1n) is 11.7. The van der Waals surface area contributed by atoms with Crippen LogP contribution in [0.2, 0.25) is 0 Å². The first kappa shape index (κ1) is 23.8. The van der Waals surface area contributed by atoms with Crippen LogP contribution < -0.4 is 5.56 Å². The first-order chi connectivity index (χ1) is 16.0. The van der Waals surface area contributed by atoms with Gasteiger partial charge in [-0.3, -0.25) is 14.5 Å². The van der Waals surface area contributed by atoms with Crippen molar-refractivity contribution < 1.29 is 19.1 Å². The van der Waals surface area contributed by atoms with Gasteiger partial charge >= 0.3 is 5.97 Å². The summed E-state index contributed by atoms with van der Waals surface area (Å²) in [5.74, 6) is 0.608. The van der Waals surface area contributed by atoms with Crippen LogP contribution in [-0.2, 0) is 20.8 Å². The highest BCUT2D eigenvalue weighted by atomic mass is 32.1. The summed E-state index contributed by atoms with van der Waals surface area (Å²) < 4.78 is 10.1. The van der Waals surface area contributed by atoms with Crippen molar-refractivity contribution in [2.75, 3.05) is 46.5 Å². The molecule has 1 aliphatic carbocycles. The molecule has 0 aromatic carbocycles. The van der Waals surface area contributed by atoms with Gasteiger partial charge < -0.3 is 19.4 Å². The molecule has 4 rings (SSSR count). The van der Waals surface area contributed by atoms with Gasteiger partial charge in [0.25, 0.3) is 5.56 Å². The molecule has 1 saturated carbocycles. The maximum atomic E-state index is 12.8. The quantitative estimate of drug-likeness (QED) is 0.483.